The van der Waals surface area contributed by atoms with Crippen molar-refractivity contribution in [2.24, 2.45) is 0 Å². The van der Waals surface area contributed by atoms with Crippen molar-refractivity contribution in [2.45, 2.75) is 31.4 Å². The van der Waals surface area contributed by atoms with Crippen LogP contribution in [0.15, 0.2) is 42.5 Å². The summed E-state index contributed by atoms with van der Waals surface area (Å²) in [6, 6.07) is 12.0. The van der Waals surface area contributed by atoms with E-state index in [1.54, 1.807) is 6.42 Å². The Balaban J connectivity index is 1.48. The van der Waals surface area contributed by atoms with Crippen LogP contribution in [0.4, 0.5) is 8.78 Å². The Labute approximate surface area is 135 Å². The van der Waals surface area contributed by atoms with Crippen LogP contribution in [0.1, 0.15) is 29.2 Å². The molecule has 0 amide bonds. The lowest BCUT2D eigenvalue weighted by Gasteiger charge is -2.17. The standard InChI is InChI=1S/C19H20F2NO/c20-15-9-13(10-16(21)11-15)5-7-17(23)12-22-19-8-6-14-3-1-2-4-18(14)19/h1-4,7,9-11,17,19,22-23H,5-6,8,12H2/t17-,19-/m1/s1. The van der Waals surface area contributed by atoms with E-state index in [1.165, 1.54) is 23.3 Å². The second kappa shape index (κ2) is 7.20. The zero-order valence-corrected chi connectivity index (χ0v) is 12.8. The highest BCUT2D eigenvalue weighted by Gasteiger charge is 2.21. The average Bonchev–Trinajstić information content (AvgIpc) is 2.93. The van der Waals surface area contributed by atoms with Gasteiger partial charge in [0.15, 0.2) is 0 Å². The molecule has 1 radical (unpaired) electrons. The molecule has 0 bridgehead atoms. The second-order valence-electron chi connectivity index (χ2n) is 5.98. The Hall–Kier alpha value is -1.78. The number of aliphatic hydroxyl groups excluding tert-OH is 1. The number of aryl methyl sites for hydroxylation is 1. The van der Waals surface area contributed by atoms with Crippen LogP contribution < -0.4 is 5.32 Å². The van der Waals surface area contributed by atoms with E-state index in [2.05, 4.69) is 17.4 Å². The molecule has 0 heterocycles. The molecule has 0 fully saturated rings. The molecule has 0 unspecified atom stereocenters. The first-order chi connectivity index (χ1) is 11.1. The monoisotopic (exact) mass is 316 g/mol. The van der Waals surface area contributed by atoms with Crippen molar-refractivity contribution >= 4 is 0 Å². The summed E-state index contributed by atoms with van der Waals surface area (Å²) < 4.78 is 26.2. The molecule has 0 spiro atoms. The highest BCUT2D eigenvalue weighted by atomic mass is 19.1. The summed E-state index contributed by atoms with van der Waals surface area (Å²) >= 11 is 0. The SMILES string of the molecule is O[C@H]([CH]Cc1cc(F)cc(F)c1)CN[C@@H]1CCc2ccccc21. The molecule has 121 valence electrons. The second-order valence-corrected chi connectivity index (χ2v) is 5.98. The zero-order valence-electron chi connectivity index (χ0n) is 12.8. The molecular formula is C19H20F2NO. The maximum absolute atomic E-state index is 13.1. The number of hydrogen-bond acceptors (Lipinski definition) is 2. The van der Waals surface area contributed by atoms with Crippen LogP contribution in [-0.4, -0.2) is 17.8 Å². The smallest absolute Gasteiger partial charge is 0.126 e. The first-order valence-corrected chi connectivity index (χ1v) is 7.89. The van der Waals surface area contributed by atoms with Gasteiger partial charge in [-0.2, -0.15) is 0 Å². The van der Waals surface area contributed by atoms with Crippen LogP contribution in [-0.2, 0) is 12.8 Å². The van der Waals surface area contributed by atoms with Gasteiger partial charge in [0.2, 0.25) is 0 Å². The van der Waals surface area contributed by atoms with E-state index in [-0.39, 0.29) is 6.04 Å². The predicted molar refractivity (Wildman–Crippen MR) is 85.9 cm³/mol. The van der Waals surface area contributed by atoms with E-state index < -0.39 is 17.7 Å². The molecular weight excluding hydrogens is 296 g/mol. The zero-order chi connectivity index (χ0) is 16.2. The topological polar surface area (TPSA) is 32.3 Å². The van der Waals surface area contributed by atoms with Crippen molar-refractivity contribution in [3.05, 3.63) is 77.2 Å². The summed E-state index contributed by atoms with van der Waals surface area (Å²) in [5.74, 6) is -1.19. The van der Waals surface area contributed by atoms with Gasteiger partial charge in [0.05, 0.1) is 6.10 Å². The number of benzene rings is 2. The molecule has 0 aromatic heterocycles. The largest absolute Gasteiger partial charge is 0.391 e. The quantitative estimate of drug-likeness (QED) is 0.856. The van der Waals surface area contributed by atoms with Crippen LogP contribution in [0.25, 0.3) is 0 Å². The van der Waals surface area contributed by atoms with E-state index >= 15 is 0 Å². The minimum Gasteiger partial charge on any atom is -0.391 e. The van der Waals surface area contributed by atoms with Crippen molar-refractivity contribution in [2.75, 3.05) is 6.54 Å². The number of nitrogens with one attached hydrogen (secondary N) is 1. The van der Waals surface area contributed by atoms with Crippen molar-refractivity contribution in [1.29, 1.82) is 0 Å². The molecule has 2 N–H and O–H groups in total. The van der Waals surface area contributed by atoms with Gasteiger partial charge in [0, 0.05) is 18.7 Å². The van der Waals surface area contributed by atoms with Crippen LogP contribution in [0.2, 0.25) is 0 Å². The summed E-state index contributed by atoms with van der Waals surface area (Å²) in [5, 5.41) is 13.4. The number of aliphatic hydroxyl groups is 1. The van der Waals surface area contributed by atoms with E-state index in [0.717, 1.165) is 18.9 Å². The van der Waals surface area contributed by atoms with Gasteiger partial charge in [-0.05, 0) is 54.5 Å². The van der Waals surface area contributed by atoms with Crippen molar-refractivity contribution < 1.29 is 13.9 Å². The van der Waals surface area contributed by atoms with Gasteiger partial charge in [-0.1, -0.05) is 24.3 Å². The Kier molecular flexibility index (Phi) is 5.03. The maximum Gasteiger partial charge on any atom is 0.126 e. The molecule has 2 atom stereocenters. The summed E-state index contributed by atoms with van der Waals surface area (Å²) in [5.41, 5.74) is 3.18. The summed E-state index contributed by atoms with van der Waals surface area (Å²) in [4.78, 5) is 0. The summed E-state index contributed by atoms with van der Waals surface area (Å²) in [6.07, 6.45) is 3.42. The third-order valence-electron chi connectivity index (χ3n) is 4.25. The molecule has 3 rings (SSSR count). The molecule has 1 aliphatic carbocycles. The van der Waals surface area contributed by atoms with Crippen LogP contribution in [0.5, 0.6) is 0 Å². The number of fused-ring (bicyclic) bond motifs is 1. The van der Waals surface area contributed by atoms with Crippen molar-refractivity contribution in [1.82, 2.24) is 5.32 Å². The Morgan fingerprint density at radius 1 is 1.17 bits per heavy atom. The van der Waals surface area contributed by atoms with Gasteiger partial charge in [0.25, 0.3) is 0 Å². The Bertz CT molecular complexity index is 654. The van der Waals surface area contributed by atoms with Gasteiger partial charge in [-0.15, -0.1) is 0 Å². The van der Waals surface area contributed by atoms with E-state index in [1.807, 2.05) is 12.1 Å². The molecule has 2 nitrogen and oxygen atoms in total. The van der Waals surface area contributed by atoms with Gasteiger partial charge in [-0.3, -0.25) is 0 Å². The highest BCUT2D eigenvalue weighted by molar-refractivity contribution is 5.34. The average molecular weight is 316 g/mol. The fraction of sp³-hybridized carbons (Fsp3) is 0.316. The molecule has 1 aliphatic rings. The molecule has 2 aromatic carbocycles. The number of hydrogen-bond donors (Lipinski definition) is 2. The molecule has 4 heteroatoms. The van der Waals surface area contributed by atoms with Crippen LogP contribution in [0.3, 0.4) is 0 Å². The van der Waals surface area contributed by atoms with E-state index in [9.17, 15) is 13.9 Å². The highest BCUT2D eigenvalue weighted by Crippen LogP contribution is 2.30. The fourth-order valence-corrected chi connectivity index (χ4v) is 3.12. The molecule has 2 aromatic rings. The minimum absolute atomic E-state index is 0.265. The van der Waals surface area contributed by atoms with Crippen molar-refractivity contribution in [3.8, 4) is 0 Å². The van der Waals surface area contributed by atoms with Crippen LogP contribution >= 0.6 is 0 Å². The molecule has 0 saturated heterocycles. The van der Waals surface area contributed by atoms with Gasteiger partial charge in [0.1, 0.15) is 11.6 Å². The lowest BCUT2D eigenvalue weighted by molar-refractivity contribution is 0.195. The van der Waals surface area contributed by atoms with E-state index in [4.69, 9.17) is 0 Å². The lowest BCUT2D eigenvalue weighted by Crippen LogP contribution is -2.30. The first kappa shape index (κ1) is 16.1. The first-order valence-electron chi connectivity index (χ1n) is 7.89. The lowest BCUT2D eigenvalue weighted by atomic mass is 10.1. The van der Waals surface area contributed by atoms with Gasteiger partial charge < -0.3 is 10.4 Å². The van der Waals surface area contributed by atoms with Gasteiger partial charge in [-0.25, -0.2) is 8.78 Å². The minimum atomic E-state index is -0.658. The normalized spacial score (nSPS) is 18.0. The predicted octanol–water partition coefficient (Wildman–Crippen LogP) is 3.35. The molecule has 0 saturated carbocycles. The van der Waals surface area contributed by atoms with Crippen molar-refractivity contribution in [3.63, 3.8) is 0 Å². The number of rotatable bonds is 6. The van der Waals surface area contributed by atoms with Crippen LogP contribution in [0, 0.1) is 18.1 Å². The van der Waals surface area contributed by atoms with E-state index in [0.29, 0.717) is 18.5 Å². The molecule has 23 heavy (non-hydrogen) atoms. The number of halogens is 2. The third-order valence-corrected chi connectivity index (χ3v) is 4.25. The summed E-state index contributed by atoms with van der Waals surface area (Å²) in [6.45, 7) is 0.427. The summed E-state index contributed by atoms with van der Waals surface area (Å²) in [7, 11) is 0. The Morgan fingerprint density at radius 3 is 2.70 bits per heavy atom. The molecule has 0 aliphatic heterocycles. The third kappa shape index (κ3) is 4.15. The Morgan fingerprint density at radius 2 is 1.91 bits per heavy atom. The maximum atomic E-state index is 13.1. The van der Waals surface area contributed by atoms with Gasteiger partial charge >= 0.3 is 0 Å². The fourth-order valence-electron chi connectivity index (χ4n) is 3.12.